The summed E-state index contributed by atoms with van der Waals surface area (Å²) in [6.07, 6.45) is 4.27. The monoisotopic (exact) mass is 483 g/mol. The van der Waals surface area contributed by atoms with E-state index < -0.39 is 20.5 Å². The number of methoxy groups -OCH3 is 1. The Morgan fingerprint density at radius 3 is 2.61 bits per heavy atom. The van der Waals surface area contributed by atoms with Crippen LogP contribution in [0.15, 0.2) is 42.6 Å². The lowest BCUT2D eigenvalue weighted by molar-refractivity contribution is -0.145. The molecule has 184 valence electrons. The van der Waals surface area contributed by atoms with Crippen LogP contribution in [0.1, 0.15) is 26.7 Å². The third-order valence-electron chi connectivity index (χ3n) is 4.23. The van der Waals surface area contributed by atoms with Crippen LogP contribution in [0.25, 0.3) is 0 Å². The number of rotatable bonds is 17. The molecule has 2 amide bonds. The zero-order valence-electron chi connectivity index (χ0n) is 19.6. The second-order valence-corrected chi connectivity index (χ2v) is 8.26. The van der Waals surface area contributed by atoms with E-state index in [0.717, 1.165) is 6.42 Å². The Morgan fingerprint density at radius 2 is 1.97 bits per heavy atom. The molecule has 0 saturated heterocycles. The fraction of sp³-hybridized carbons (Fsp3) is 0.500. The molecule has 1 aromatic rings. The highest BCUT2D eigenvalue weighted by atomic mass is 31.2. The van der Waals surface area contributed by atoms with Gasteiger partial charge in [-0.1, -0.05) is 25.1 Å². The molecule has 3 unspecified atom stereocenters. The second-order valence-electron chi connectivity index (χ2n) is 7.04. The summed E-state index contributed by atoms with van der Waals surface area (Å²) < 4.78 is 22.6. The van der Waals surface area contributed by atoms with Crippen LogP contribution in [0, 0.1) is 0 Å². The van der Waals surface area contributed by atoms with Crippen molar-refractivity contribution in [2.24, 2.45) is 0 Å². The lowest BCUT2D eigenvalue weighted by Gasteiger charge is -2.24. The van der Waals surface area contributed by atoms with Gasteiger partial charge in [-0.2, -0.15) is 0 Å². The van der Waals surface area contributed by atoms with Crippen molar-refractivity contribution in [1.82, 2.24) is 15.3 Å². The number of benzene rings is 1. The zero-order valence-corrected chi connectivity index (χ0v) is 20.5. The standard InChI is InChI=1S/C22H34N3O7P/c1-5-15-30-22(28)18(2)24-33(32-19-9-7-6-8-10-19)31-16-20(29-4)11-13-25(3)14-12-21(27)23-17-26/h6-10,12,14,17-18,20,24H,5,11,13,15-16H2,1-4H3,(H,23,26,27)/b14-12-. The fourth-order valence-electron chi connectivity index (χ4n) is 2.35. The predicted molar refractivity (Wildman–Crippen MR) is 125 cm³/mol. The number of nitrogens with one attached hydrogen (secondary N) is 2. The smallest absolute Gasteiger partial charge is 0.323 e. The highest BCUT2D eigenvalue weighted by Crippen LogP contribution is 2.36. The number of nitrogens with zero attached hydrogens (tertiary/aromatic N) is 1. The summed E-state index contributed by atoms with van der Waals surface area (Å²) in [4.78, 5) is 35.5. The molecule has 2 N–H and O–H groups in total. The van der Waals surface area contributed by atoms with Crippen molar-refractivity contribution in [3.8, 4) is 5.75 Å². The maximum absolute atomic E-state index is 12.1. The molecule has 3 atom stereocenters. The average Bonchev–Trinajstić information content (AvgIpc) is 2.81. The van der Waals surface area contributed by atoms with Gasteiger partial charge < -0.3 is 23.4 Å². The maximum atomic E-state index is 12.1. The summed E-state index contributed by atoms with van der Waals surface area (Å²) in [5, 5.41) is 5.09. The summed E-state index contributed by atoms with van der Waals surface area (Å²) in [7, 11) is 1.73. The Morgan fingerprint density at radius 1 is 1.24 bits per heavy atom. The number of para-hydroxylation sites is 1. The van der Waals surface area contributed by atoms with Gasteiger partial charge in [0.25, 0.3) is 5.91 Å². The van der Waals surface area contributed by atoms with Gasteiger partial charge in [0, 0.05) is 33.0 Å². The number of hydrogen-bond acceptors (Lipinski definition) is 9. The van der Waals surface area contributed by atoms with Crippen LogP contribution in [0.5, 0.6) is 5.75 Å². The Bertz CT molecular complexity index is 736. The Balaban J connectivity index is 2.63. The average molecular weight is 484 g/mol. The topological polar surface area (TPSA) is 115 Å². The largest absolute Gasteiger partial charge is 0.465 e. The normalized spacial score (nSPS) is 13.7. The van der Waals surface area contributed by atoms with E-state index in [4.69, 9.17) is 18.5 Å². The van der Waals surface area contributed by atoms with E-state index in [1.807, 2.05) is 30.4 Å². The lowest BCUT2D eigenvalue weighted by atomic mass is 10.2. The zero-order chi connectivity index (χ0) is 24.5. The van der Waals surface area contributed by atoms with E-state index in [-0.39, 0.29) is 18.7 Å². The minimum absolute atomic E-state index is 0.224. The first-order valence-corrected chi connectivity index (χ1v) is 11.8. The van der Waals surface area contributed by atoms with Crippen LogP contribution in [0.4, 0.5) is 0 Å². The van der Waals surface area contributed by atoms with Crippen LogP contribution in [0.2, 0.25) is 0 Å². The van der Waals surface area contributed by atoms with Gasteiger partial charge in [-0.15, -0.1) is 0 Å². The number of ether oxygens (including phenoxy) is 2. The molecule has 0 bridgehead atoms. The molecule has 0 saturated carbocycles. The van der Waals surface area contributed by atoms with Gasteiger partial charge in [-0.05, 0) is 31.9 Å². The summed E-state index contributed by atoms with van der Waals surface area (Å²) in [6.45, 7) is 4.78. The molecule has 0 spiro atoms. The molecule has 0 aliphatic heterocycles. The van der Waals surface area contributed by atoms with Crippen molar-refractivity contribution in [2.45, 2.75) is 38.8 Å². The van der Waals surface area contributed by atoms with Gasteiger partial charge in [0.05, 0.1) is 19.3 Å². The summed E-state index contributed by atoms with van der Waals surface area (Å²) in [6, 6.07) is 8.56. The minimum atomic E-state index is -1.65. The van der Waals surface area contributed by atoms with Gasteiger partial charge in [-0.3, -0.25) is 19.7 Å². The van der Waals surface area contributed by atoms with Gasteiger partial charge in [0.1, 0.15) is 11.8 Å². The minimum Gasteiger partial charge on any atom is -0.465 e. The van der Waals surface area contributed by atoms with E-state index in [2.05, 4.69) is 5.09 Å². The van der Waals surface area contributed by atoms with Gasteiger partial charge >= 0.3 is 14.5 Å². The van der Waals surface area contributed by atoms with Crippen molar-refractivity contribution >= 4 is 26.8 Å². The molecule has 33 heavy (non-hydrogen) atoms. The molecule has 0 aromatic heterocycles. The summed E-state index contributed by atoms with van der Waals surface area (Å²) >= 11 is 0. The lowest BCUT2D eigenvalue weighted by Crippen LogP contribution is -2.34. The number of carbonyl (C=O) groups excluding carboxylic acids is 3. The third kappa shape index (κ3) is 12.9. The van der Waals surface area contributed by atoms with Crippen LogP contribution >= 0.6 is 8.53 Å². The van der Waals surface area contributed by atoms with Crippen LogP contribution in [-0.2, 0) is 28.4 Å². The Kier molecular flexibility index (Phi) is 14.7. The Labute approximate surface area is 196 Å². The number of carbonyl (C=O) groups is 3. The van der Waals surface area contributed by atoms with Crippen molar-refractivity contribution in [2.75, 3.05) is 33.9 Å². The molecule has 0 aliphatic rings. The molecule has 1 rings (SSSR count). The SMILES string of the molecule is CCCOC(=O)C(C)NP(OCC(CCN(C)/C=C\C(=O)NC=O)OC)Oc1ccccc1. The highest BCUT2D eigenvalue weighted by Gasteiger charge is 2.24. The molecular formula is C22H34N3O7P. The molecule has 0 fully saturated rings. The summed E-state index contributed by atoms with van der Waals surface area (Å²) in [5.74, 6) is -0.262. The number of esters is 1. The number of hydrogen-bond donors (Lipinski definition) is 2. The summed E-state index contributed by atoms with van der Waals surface area (Å²) in [5.41, 5.74) is 0. The molecule has 11 heteroatoms. The van der Waals surface area contributed by atoms with Gasteiger partial charge in [0.15, 0.2) is 0 Å². The molecular weight excluding hydrogens is 449 g/mol. The van der Waals surface area contributed by atoms with E-state index in [1.165, 1.54) is 6.08 Å². The first kappa shape index (κ1) is 28.5. The van der Waals surface area contributed by atoms with Gasteiger partial charge in [-0.25, -0.2) is 5.09 Å². The Hall–Kier alpha value is -2.52. The molecule has 0 heterocycles. The second kappa shape index (κ2) is 17.0. The third-order valence-corrected chi connectivity index (χ3v) is 5.59. The molecule has 0 aliphatic carbocycles. The molecule has 1 aromatic carbocycles. The first-order chi connectivity index (χ1) is 15.9. The predicted octanol–water partition coefficient (Wildman–Crippen LogP) is 2.36. The number of imide groups is 1. The van der Waals surface area contributed by atoms with Crippen molar-refractivity contribution in [3.63, 3.8) is 0 Å². The highest BCUT2D eigenvalue weighted by molar-refractivity contribution is 7.45. The van der Waals surface area contributed by atoms with Crippen LogP contribution < -0.4 is 14.9 Å². The van der Waals surface area contributed by atoms with E-state index in [1.54, 1.807) is 44.3 Å². The fourth-order valence-corrected chi connectivity index (χ4v) is 3.57. The number of amides is 2. The first-order valence-electron chi connectivity index (χ1n) is 10.6. The quantitative estimate of drug-likeness (QED) is 0.149. The van der Waals surface area contributed by atoms with Gasteiger partial charge in [0.2, 0.25) is 6.41 Å². The van der Waals surface area contributed by atoms with E-state index in [0.29, 0.717) is 31.7 Å². The van der Waals surface area contributed by atoms with Crippen LogP contribution in [-0.4, -0.2) is 69.2 Å². The van der Waals surface area contributed by atoms with E-state index >= 15 is 0 Å². The molecule has 10 nitrogen and oxygen atoms in total. The van der Waals surface area contributed by atoms with E-state index in [9.17, 15) is 14.4 Å². The van der Waals surface area contributed by atoms with Crippen molar-refractivity contribution < 1.29 is 32.9 Å². The maximum Gasteiger partial charge on any atom is 0.323 e. The van der Waals surface area contributed by atoms with Crippen LogP contribution in [0.3, 0.4) is 0 Å². The van der Waals surface area contributed by atoms with Crippen molar-refractivity contribution in [1.29, 1.82) is 0 Å². The molecule has 0 radical (unpaired) electrons. The van der Waals surface area contributed by atoms with Crippen molar-refractivity contribution in [3.05, 3.63) is 42.6 Å².